The first-order valence-electron chi connectivity index (χ1n) is 10.5. The Kier molecular flexibility index (Phi) is 5.22. The molecule has 0 bridgehead atoms. The van der Waals surface area contributed by atoms with Crippen molar-refractivity contribution in [2.75, 3.05) is 7.05 Å². The Morgan fingerprint density at radius 2 is 1.44 bits per heavy atom. The van der Waals surface area contributed by atoms with Crippen LogP contribution in [0.4, 0.5) is 0 Å². The van der Waals surface area contributed by atoms with Crippen LogP contribution < -0.4 is 0 Å². The van der Waals surface area contributed by atoms with E-state index in [0.717, 1.165) is 28.1 Å². The van der Waals surface area contributed by atoms with Crippen LogP contribution in [0.2, 0.25) is 0 Å². The molecule has 0 aliphatic carbocycles. The predicted octanol–water partition coefficient (Wildman–Crippen LogP) is 5.34. The summed E-state index contributed by atoms with van der Waals surface area (Å²) in [4.78, 5) is 19.9. The highest BCUT2D eigenvalue weighted by Gasteiger charge is 2.21. The van der Waals surface area contributed by atoms with Gasteiger partial charge in [0.1, 0.15) is 5.56 Å². The smallest absolute Gasteiger partial charge is 0.259 e. The van der Waals surface area contributed by atoms with Gasteiger partial charge in [-0.1, -0.05) is 91.0 Å². The molecule has 5 nitrogen and oxygen atoms in total. The third-order valence-electron chi connectivity index (χ3n) is 5.45. The zero-order valence-corrected chi connectivity index (χ0v) is 17.7. The van der Waals surface area contributed by atoms with Crippen LogP contribution in [0.25, 0.3) is 28.2 Å². The topological polar surface area (TPSA) is 50.5 Å². The van der Waals surface area contributed by atoms with Crippen molar-refractivity contribution in [1.29, 1.82) is 0 Å². The second-order valence-electron chi connectivity index (χ2n) is 7.70. The van der Waals surface area contributed by atoms with E-state index in [4.69, 9.17) is 4.98 Å². The molecular formula is C27H22N4O. The Morgan fingerprint density at radius 3 is 2.09 bits per heavy atom. The molecule has 0 saturated heterocycles. The molecule has 5 heteroatoms. The number of aromatic nitrogens is 3. The van der Waals surface area contributed by atoms with Gasteiger partial charge in [-0.25, -0.2) is 9.50 Å². The zero-order valence-electron chi connectivity index (χ0n) is 17.7. The van der Waals surface area contributed by atoms with Gasteiger partial charge in [-0.3, -0.25) is 4.79 Å². The second-order valence-corrected chi connectivity index (χ2v) is 7.70. The third kappa shape index (κ3) is 3.76. The number of fused-ring (bicyclic) bond motifs is 1. The van der Waals surface area contributed by atoms with Crippen molar-refractivity contribution in [3.63, 3.8) is 0 Å². The lowest BCUT2D eigenvalue weighted by molar-refractivity contribution is 0.0787. The average Bonchev–Trinajstić information content (AvgIpc) is 3.28. The van der Waals surface area contributed by atoms with Crippen molar-refractivity contribution in [2.45, 2.75) is 6.54 Å². The van der Waals surface area contributed by atoms with Crippen LogP contribution in [0.1, 0.15) is 15.9 Å². The fourth-order valence-corrected chi connectivity index (χ4v) is 3.82. The van der Waals surface area contributed by atoms with Crippen LogP contribution in [0.15, 0.2) is 103 Å². The van der Waals surface area contributed by atoms with Crippen LogP contribution in [0, 0.1) is 0 Å². The lowest BCUT2D eigenvalue weighted by atomic mass is 10.1. The molecule has 2 heterocycles. The summed E-state index contributed by atoms with van der Waals surface area (Å²) in [7, 11) is 1.80. The minimum absolute atomic E-state index is 0.111. The van der Waals surface area contributed by atoms with E-state index >= 15 is 0 Å². The molecule has 0 spiro atoms. The lowest BCUT2D eigenvalue weighted by Crippen LogP contribution is -2.26. The van der Waals surface area contributed by atoms with Gasteiger partial charge in [-0.15, -0.1) is 0 Å². The number of hydrogen-bond donors (Lipinski definition) is 0. The zero-order chi connectivity index (χ0) is 21.9. The molecule has 0 saturated carbocycles. The lowest BCUT2D eigenvalue weighted by Gasteiger charge is -2.17. The molecular weight excluding hydrogens is 396 g/mol. The molecule has 156 valence electrons. The molecule has 3 aromatic carbocycles. The number of benzene rings is 3. The Morgan fingerprint density at radius 1 is 0.844 bits per heavy atom. The van der Waals surface area contributed by atoms with E-state index in [1.54, 1.807) is 22.7 Å². The van der Waals surface area contributed by atoms with Gasteiger partial charge in [-0.05, 0) is 11.6 Å². The molecule has 5 aromatic rings. The molecule has 2 aromatic heterocycles. The van der Waals surface area contributed by atoms with E-state index in [9.17, 15) is 4.79 Å². The average molecular weight is 419 g/mol. The first kappa shape index (κ1) is 19.7. The quantitative estimate of drug-likeness (QED) is 0.387. The second kappa shape index (κ2) is 8.47. The fourth-order valence-electron chi connectivity index (χ4n) is 3.82. The summed E-state index contributed by atoms with van der Waals surface area (Å²) in [6.45, 7) is 0.515. The van der Waals surface area contributed by atoms with Gasteiger partial charge >= 0.3 is 0 Å². The van der Waals surface area contributed by atoms with Crippen LogP contribution in [0.5, 0.6) is 0 Å². The molecule has 0 N–H and O–H groups in total. The number of rotatable bonds is 5. The first-order valence-corrected chi connectivity index (χ1v) is 10.5. The van der Waals surface area contributed by atoms with Crippen molar-refractivity contribution in [3.05, 3.63) is 114 Å². The van der Waals surface area contributed by atoms with Gasteiger partial charge in [0.2, 0.25) is 0 Å². The first-order chi connectivity index (χ1) is 15.7. The summed E-state index contributed by atoms with van der Waals surface area (Å²) in [6.07, 6.45) is 1.62. The van der Waals surface area contributed by atoms with Crippen LogP contribution in [0.3, 0.4) is 0 Å². The number of carbonyl (C=O) groups is 1. The molecule has 0 fully saturated rings. The summed E-state index contributed by atoms with van der Waals surface area (Å²) in [6, 6.07) is 32.0. The van der Waals surface area contributed by atoms with Gasteiger partial charge in [0.15, 0.2) is 5.65 Å². The van der Waals surface area contributed by atoms with Gasteiger partial charge in [0.25, 0.3) is 5.91 Å². The molecule has 32 heavy (non-hydrogen) atoms. The van der Waals surface area contributed by atoms with Gasteiger partial charge in [-0.2, -0.15) is 5.10 Å². The summed E-state index contributed by atoms with van der Waals surface area (Å²) in [5.74, 6) is -0.111. The van der Waals surface area contributed by atoms with Crippen molar-refractivity contribution >= 4 is 11.6 Å². The normalized spacial score (nSPS) is 10.9. The number of hydrogen-bond acceptors (Lipinski definition) is 3. The molecule has 0 unspecified atom stereocenters. The maximum absolute atomic E-state index is 13.4. The van der Waals surface area contributed by atoms with E-state index in [0.29, 0.717) is 17.8 Å². The number of nitrogens with zero attached hydrogens (tertiary/aromatic N) is 4. The Balaban J connectivity index is 1.62. The molecule has 0 aliphatic heterocycles. The van der Waals surface area contributed by atoms with Crippen LogP contribution >= 0.6 is 0 Å². The standard InChI is InChI=1S/C27H22N4O/c1-30(19-20-11-5-2-6-12-20)27(32)23-18-28-31-25(22-15-9-4-10-16-22)17-24(29-26(23)31)21-13-7-3-8-14-21/h2-18H,19H2,1H3. The Bertz CT molecular complexity index is 1360. The SMILES string of the molecule is CN(Cc1ccccc1)C(=O)c1cnn2c(-c3ccccc3)cc(-c3ccccc3)nc12. The van der Waals surface area contributed by atoms with Gasteiger partial charge in [0.05, 0.1) is 17.6 Å². The van der Waals surface area contributed by atoms with E-state index in [2.05, 4.69) is 5.10 Å². The molecule has 5 rings (SSSR count). The summed E-state index contributed by atoms with van der Waals surface area (Å²) in [5, 5.41) is 4.55. The van der Waals surface area contributed by atoms with Crippen molar-refractivity contribution in [2.24, 2.45) is 0 Å². The molecule has 0 aliphatic rings. The molecule has 1 amide bonds. The molecule has 0 atom stereocenters. The van der Waals surface area contributed by atoms with E-state index in [1.807, 2.05) is 97.1 Å². The van der Waals surface area contributed by atoms with Crippen LogP contribution in [-0.4, -0.2) is 32.5 Å². The monoisotopic (exact) mass is 418 g/mol. The summed E-state index contributed by atoms with van der Waals surface area (Å²) >= 11 is 0. The van der Waals surface area contributed by atoms with E-state index in [-0.39, 0.29) is 5.91 Å². The fraction of sp³-hybridized carbons (Fsp3) is 0.0741. The predicted molar refractivity (Wildman–Crippen MR) is 126 cm³/mol. The van der Waals surface area contributed by atoms with Gasteiger partial charge in [0, 0.05) is 24.7 Å². The van der Waals surface area contributed by atoms with E-state index in [1.165, 1.54) is 0 Å². The minimum Gasteiger partial charge on any atom is -0.337 e. The van der Waals surface area contributed by atoms with Crippen LogP contribution in [-0.2, 0) is 6.54 Å². The molecule has 0 radical (unpaired) electrons. The Labute approximate surface area is 186 Å². The largest absolute Gasteiger partial charge is 0.337 e. The maximum atomic E-state index is 13.4. The van der Waals surface area contributed by atoms with Crippen molar-refractivity contribution in [3.8, 4) is 22.5 Å². The maximum Gasteiger partial charge on any atom is 0.259 e. The highest BCUT2D eigenvalue weighted by molar-refractivity contribution is 6.00. The van der Waals surface area contributed by atoms with E-state index < -0.39 is 0 Å². The highest BCUT2D eigenvalue weighted by atomic mass is 16.2. The highest BCUT2D eigenvalue weighted by Crippen LogP contribution is 2.27. The van der Waals surface area contributed by atoms with Crippen molar-refractivity contribution < 1.29 is 4.79 Å². The van der Waals surface area contributed by atoms with Gasteiger partial charge < -0.3 is 4.90 Å². The minimum atomic E-state index is -0.111. The number of amides is 1. The summed E-state index contributed by atoms with van der Waals surface area (Å²) < 4.78 is 1.76. The Hall–Kier alpha value is -4.25. The summed E-state index contributed by atoms with van der Waals surface area (Å²) in [5.41, 5.74) is 5.80. The number of carbonyl (C=O) groups excluding carboxylic acids is 1. The third-order valence-corrected chi connectivity index (χ3v) is 5.45. The van der Waals surface area contributed by atoms with Crippen molar-refractivity contribution in [1.82, 2.24) is 19.5 Å².